The van der Waals surface area contributed by atoms with E-state index >= 15 is 0 Å². The zero-order valence-corrected chi connectivity index (χ0v) is 8.10. The van der Waals surface area contributed by atoms with Gasteiger partial charge in [0, 0.05) is 6.20 Å². The third kappa shape index (κ3) is 2.53. The fourth-order valence-electron chi connectivity index (χ4n) is 1.37. The lowest BCUT2D eigenvalue weighted by Crippen LogP contribution is -2.18. The molecule has 4 nitrogen and oxygen atoms in total. The van der Waals surface area contributed by atoms with E-state index in [1.54, 1.807) is 6.20 Å². The summed E-state index contributed by atoms with van der Waals surface area (Å²) in [5, 5.41) is 8.60. The Kier molecular flexibility index (Phi) is 3.59. The van der Waals surface area contributed by atoms with E-state index in [-0.39, 0.29) is 6.42 Å². The van der Waals surface area contributed by atoms with Crippen LogP contribution < -0.4 is 5.73 Å². The molecule has 0 saturated carbocycles. The number of nitrogens with zero attached hydrogens (tertiary/aromatic N) is 1. The SMILES string of the molecule is CCc1cccnc1C(N)CC(=O)O. The molecule has 1 atom stereocenters. The fraction of sp³-hybridized carbons (Fsp3) is 0.400. The van der Waals surface area contributed by atoms with Gasteiger partial charge in [-0.1, -0.05) is 13.0 Å². The Labute approximate surface area is 82.8 Å². The standard InChI is InChI=1S/C10H14N2O2/c1-2-7-4-3-5-12-10(7)8(11)6-9(13)14/h3-5,8H,2,6,11H2,1H3,(H,13,14). The highest BCUT2D eigenvalue weighted by Gasteiger charge is 2.14. The molecule has 0 radical (unpaired) electrons. The lowest BCUT2D eigenvalue weighted by Gasteiger charge is -2.11. The van der Waals surface area contributed by atoms with Crippen molar-refractivity contribution >= 4 is 5.97 Å². The quantitative estimate of drug-likeness (QED) is 0.753. The van der Waals surface area contributed by atoms with E-state index in [1.807, 2.05) is 19.1 Å². The largest absolute Gasteiger partial charge is 0.481 e. The molecule has 1 aromatic rings. The average molecular weight is 194 g/mol. The van der Waals surface area contributed by atoms with Crippen molar-refractivity contribution < 1.29 is 9.90 Å². The number of aryl methyl sites for hydroxylation is 1. The summed E-state index contributed by atoms with van der Waals surface area (Å²) >= 11 is 0. The first-order valence-corrected chi connectivity index (χ1v) is 4.56. The molecule has 0 aliphatic heterocycles. The molecule has 0 aliphatic carbocycles. The molecule has 0 amide bonds. The maximum absolute atomic E-state index is 10.5. The molecular formula is C10H14N2O2. The molecule has 14 heavy (non-hydrogen) atoms. The summed E-state index contributed by atoms with van der Waals surface area (Å²) in [5.74, 6) is -0.898. The molecule has 4 heteroatoms. The first-order chi connectivity index (χ1) is 6.65. The highest BCUT2D eigenvalue weighted by molar-refractivity contribution is 5.67. The van der Waals surface area contributed by atoms with Crippen molar-refractivity contribution in [2.45, 2.75) is 25.8 Å². The lowest BCUT2D eigenvalue weighted by atomic mass is 10.0. The Hall–Kier alpha value is -1.42. The highest BCUT2D eigenvalue weighted by atomic mass is 16.4. The fourth-order valence-corrected chi connectivity index (χ4v) is 1.37. The second-order valence-corrected chi connectivity index (χ2v) is 3.11. The van der Waals surface area contributed by atoms with Crippen LogP contribution in [0, 0.1) is 0 Å². The number of carboxylic acids is 1. The number of nitrogens with two attached hydrogens (primary N) is 1. The Balaban J connectivity index is 2.87. The summed E-state index contributed by atoms with van der Waals surface area (Å²) in [4.78, 5) is 14.6. The summed E-state index contributed by atoms with van der Waals surface area (Å²) < 4.78 is 0. The number of carbonyl (C=O) groups is 1. The summed E-state index contributed by atoms with van der Waals surface area (Å²) in [6.07, 6.45) is 2.37. The number of pyridine rings is 1. The molecule has 0 saturated heterocycles. The maximum Gasteiger partial charge on any atom is 0.305 e. The number of rotatable bonds is 4. The normalized spacial score (nSPS) is 12.4. The van der Waals surface area contributed by atoms with Gasteiger partial charge in [-0.25, -0.2) is 0 Å². The van der Waals surface area contributed by atoms with Gasteiger partial charge in [0.15, 0.2) is 0 Å². The van der Waals surface area contributed by atoms with Gasteiger partial charge < -0.3 is 10.8 Å². The number of hydrogen-bond donors (Lipinski definition) is 2. The van der Waals surface area contributed by atoms with E-state index in [0.717, 1.165) is 12.0 Å². The number of hydrogen-bond acceptors (Lipinski definition) is 3. The van der Waals surface area contributed by atoms with Gasteiger partial charge in [0.05, 0.1) is 18.2 Å². The second kappa shape index (κ2) is 4.72. The van der Waals surface area contributed by atoms with Crippen LogP contribution in [0.25, 0.3) is 0 Å². The third-order valence-electron chi connectivity index (χ3n) is 2.05. The predicted molar refractivity (Wildman–Crippen MR) is 52.8 cm³/mol. The van der Waals surface area contributed by atoms with Crippen molar-refractivity contribution in [3.8, 4) is 0 Å². The van der Waals surface area contributed by atoms with Crippen molar-refractivity contribution in [2.24, 2.45) is 5.73 Å². The molecule has 1 rings (SSSR count). The molecular weight excluding hydrogens is 180 g/mol. The van der Waals surface area contributed by atoms with E-state index < -0.39 is 12.0 Å². The molecule has 3 N–H and O–H groups in total. The van der Waals surface area contributed by atoms with Crippen molar-refractivity contribution in [1.82, 2.24) is 4.98 Å². The van der Waals surface area contributed by atoms with Crippen molar-refractivity contribution in [3.63, 3.8) is 0 Å². The van der Waals surface area contributed by atoms with Crippen LogP contribution in [0.15, 0.2) is 18.3 Å². The minimum Gasteiger partial charge on any atom is -0.481 e. The average Bonchev–Trinajstić information content (AvgIpc) is 2.16. The first kappa shape index (κ1) is 10.7. The monoisotopic (exact) mass is 194 g/mol. The third-order valence-corrected chi connectivity index (χ3v) is 2.05. The Morgan fingerprint density at radius 2 is 2.43 bits per heavy atom. The molecule has 0 aliphatic rings. The van der Waals surface area contributed by atoms with Crippen LogP contribution in [-0.2, 0) is 11.2 Å². The van der Waals surface area contributed by atoms with Crippen LogP contribution in [0.2, 0.25) is 0 Å². The zero-order valence-electron chi connectivity index (χ0n) is 8.10. The van der Waals surface area contributed by atoms with Gasteiger partial charge in [-0.3, -0.25) is 9.78 Å². The molecule has 1 unspecified atom stereocenters. The Morgan fingerprint density at radius 1 is 1.71 bits per heavy atom. The molecule has 0 spiro atoms. The summed E-state index contributed by atoms with van der Waals surface area (Å²) in [6, 6.07) is 3.24. The smallest absolute Gasteiger partial charge is 0.305 e. The molecule has 0 fully saturated rings. The first-order valence-electron chi connectivity index (χ1n) is 4.56. The van der Waals surface area contributed by atoms with E-state index in [9.17, 15) is 4.79 Å². The van der Waals surface area contributed by atoms with Gasteiger partial charge in [-0.15, -0.1) is 0 Å². The van der Waals surface area contributed by atoms with Gasteiger partial charge in [-0.2, -0.15) is 0 Å². The molecule has 0 bridgehead atoms. The number of aliphatic carboxylic acids is 1. The van der Waals surface area contributed by atoms with E-state index in [1.165, 1.54) is 0 Å². The van der Waals surface area contributed by atoms with Gasteiger partial charge in [0.2, 0.25) is 0 Å². The van der Waals surface area contributed by atoms with Gasteiger partial charge >= 0.3 is 5.97 Å². The predicted octanol–water partition coefficient (Wildman–Crippen LogP) is 1.12. The minimum atomic E-state index is -0.898. The van der Waals surface area contributed by atoms with Crippen LogP contribution in [0.4, 0.5) is 0 Å². The topological polar surface area (TPSA) is 76.2 Å². The summed E-state index contributed by atoms with van der Waals surface area (Å²) in [6.45, 7) is 1.99. The number of carboxylic acid groups (broad SMARTS) is 1. The lowest BCUT2D eigenvalue weighted by molar-refractivity contribution is -0.137. The molecule has 0 aromatic carbocycles. The van der Waals surface area contributed by atoms with Gasteiger partial charge in [-0.05, 0) is 18.1 Å². The van der Waals surface area contributed by atoms with Crippen LogP contribution >= 0.6 is 0 Å². The molecule has 1 aromatic heterocycles. The van der Waals surface area contributed by atoms with Crippen molar-refractivity contribution in [3.05, 3.63) is 29.6 Å². The Morgan fingerprint density at radius 3 is 3.00 bits per heavy atom. The second-order valence-electron chi connectivity index (χ2n) is 3.11. The van der Waals surface area contributed by atoms with Crippen molar-refractivity contribution in [1.29, 1.82) is 0 Å². The summed E-state index contributed by atoms with van der Waals surface area (Å²) in [7, 11) is 0. The highest BCUT2D eigenvalue weighted by Crippen LogP contribution is 2.16. The Bertz CT molecular complexity index is 326. The van der Waals surface area contributed by atoms with Gasteiger partial charge in [0.1, 0.15) is 0 Å². The van der Waals surface area contributed by atoms with Crippen LogP contribution in [-0.4, -0.2) is 16.1 Å². The number of aromatic nitrogens is 1. The molecule has 1 heterocycles. The van der Waals surface area contributed by atoms with E-state index in [0.29, 0.717) is 5.69 Å². The van der Waals surface area contributed by atoms with Crippen LogP contribution in [0.5, 0.6) is 0 Å². The minimum absolute atomic E-state index is 0.0794. The van der Waals surface area contributed by atoms with Crippen LogP contribution in [0.1, 0.15) is 30.6 Å². The summed E-state index contributed by atoms with van der Waals surface area (Å²) in [5.41, 5.74) is 7.44. The molecule has 76 valence electrons. The van der Waals surface area contributed by atoms with Gasteiger partial charge in [0.25, 0.3) is 0 Å². The van der Waals surface area contributed by atoms with E-state index in [2.05, 4.69) is 4.98 Å². The zero-order chi connectivity index (χ0) is 10.6. The van der Waals surface area contributed by atoms with Crippen molar-refractivity contribution in [2.75, 3.05) is 0 Å². The van der Waals surface area contributed by atoms with E-state index in [4.69, 9.17) is 10.8 Å². The van der Waals surface area contributed by atoms with Crippen LogP contribution in [0.3, 0.4) is 0 Å². The maximum atomic E-state index is 10.5.